The topological polar surface area (TPSA) is 15.3 Å². The number of rotatable bonds is 5. The highest BCUT2D eigenvalue weighted by Gasteiger charge is 2.22. The Morgan fingerprint density at radius 1 is 1.30 bits per heavy atom. The van der Waals surface area contributed by atoms with Crippen LogP contribution < -0.4 is 10.2 Å². The molecular weight excluding hydrogens is 332 g/mol. The van der Waals surface area contributed by atoms with Crippen molar-refractivity contribution in [3.63, 3.8) is 0 Å². The van der Waals surface area contributed by atoms with E-state index in [1.54, 1.807) is 0 Å². The molecule has 0 aliphatic carbocycles. The van der Waals surface area contributed by atoms with Gasteiger partial charge in [-0.05, 0) is 42.0 Å². The molecule has 1 saturated heterocycles. The number of thiophene rings is 1. The smallest absolute Gasteiger partial charge is 0.0377 e. The highest BCUT2D eigenvalue weighted by Crippen LogP contribution is 2.26. The summed E-state index contributed by atoms with van der Waals surface area (Å²) in [6, 6.07) is 12.9. The summed E-state index contributed by atoms with van der Waals surface area (Å²) in [4.78, 5) is 3.91. The first-order chi connectivity index (χ1) is 9.81. The summed E-state index contributed by atoms with van der Waals surface area (Å²) in [5.74, 6) is 0.758. The van der Waals surface area contributed by atoms with Crippen LogP contribution >= 0.6 is 27.3 Å². The molecular formula is C16H19BrN2S. The van der Waals surface area contributed by atoms with E-state index in [4.69, 9.17) is 0 Å². The molecule has 106 valence electrons. The van der Waals surface area contributed by atoms with E-state index in [1.807, 2.05) is 11.3 Å². The van der Waals surface area contributed by atoms with Crippen molar-refractivity contribution in [3.05, 3.63) is 51.1 Å². The Morgan fingerprint density at radius 3 is 3.05 bits per heavy atom. The molecule has 1 aliphatic heterocycles. The number of anilines is 1. The molecule has 4 heteroatoms. The summed E-state index contributed by atoms with van der Waals surface area (Å²) in [5.41, 5.74) is 1.33. The van der Waals surface area contributed by atoms with Gasteiger partial charge in [0.15, 0.2) is 0 Å². The van der Waals surface area contributed by atoms with Crippen LogP contribution in [0.15, 0.2) is 46.3 Å². The van der Waals surface area contributed by atoms with Gasteiger partial charge in [0, 0.05) is 41.2 Å². The molecule has 0 spiro atoms. The zero-order valence-electron chi connectivity index (χ0n) is 11.4. The highest BCUT2D eigenvalue weighted by atomic mass is 79.9. The second kappa shape index (κ2) is 6.74. The molecule has 0 saturated carbocycles. The van der Waals surface area contributed by atoms with Crippen molar-refractivity contribution in [3.8, 4) is 0 Å². The molecule has 1 aromatic heterocycles. The SMILES string of the molecule is Brc1cccc(N2CCC(CNCc3cccs3)C2)c1. The van der Waals surface area contributed by atoms with E-state index in [-0.39, 0.29) is 0 Å². The normalized spacial score (nSPS) is 18.6. The summed E-state index contributed by atoms with van der Waals surface area (Å²) in [5, 5.41) is 5.73. The Labute approximate surface area is 132 Å². The predicted molar refractivity (Wildman–Crippen MR) is 90.5 cm³/mol. The number of nitrogens with one attached hydrogen (secondary N) is 1. The number of hydrogen-bond acceptors (Lipinski definition) is 3. The van der Waals surface area contributed by atoms with Crippen LogP contribution in [0.1, 0.15) is 11.3 Å². The molecule has 2 heterocycles. The molecule has 2 aromatic rings. The van der Waals surface area contributed by atoms with Crippen molar-refractivity contribution in [1.82, 2.24) is 5.32 Å². The third-order valence-corrected chi connectivity index (χ3v) is 5.14. The van der Waals surface area contributed by atoms with E-state index in [0.717, 1.165) is 30.0 Å². The standard InChI is InChI=1S/C16H19BrN2S/c17-14-3-1-4-15(9-14)19-7-6-13(12-19)10-18-11-16-5-2-8-20-16/h1-5,8-9,13,18H,6-7,10-12H2. The van der Waals surface area contributed by atoms with Crippen LogP contribution in [0.2, 0.25) is 0 Å². The fourth-order valence-corrected chi connectivity index (χ4v) is 3.78. The van der Waals surface area contributed by atoms with Gasteiger partial charge in [0.05, 0.1) is 0 Å². The molecule has 1 unspecified atom stereocenters. The van der Waals surface area contributed by atoms with Gasteiger partial charge in [0.25, 0.3) is 0 Å². The van der Waals surface area contributed by atoms with Crippen molar-refractivity contribution in [2.24, 2.45) is 5.92 Å². The van der Waals surface area contributed by atoms with Gasteiger partial charge in [-0.15, -0.1) is 11.3 Å². The molecule has 20 heavy (non-hydrogen) atoms. The largest absolute Gasteiger partial charge is 0.371 e. The molecule has 1 aromatic carbocycles. The van der Waals surface area contributed by atoms with Gasteiger partial charge in [0.1, 0.15) is 0 Å². The van der Waals surface area contributed by atoms with Gasteiger partial charge in [-0.25, -0.2) is 0 Å². The molecule has 1 atom stereocenters. The van der Waals surface area contributed by atoms with Gasteiger partial charge in [0.2, 0.25) is 0 Å². The zero-order chi connectivity index (χ0) is 13.8. The van der Waals surface area contributed by atoms with E-state index >= 15 is 0 Å². The molecule has 1 fully saturated rings. The quantitative estimate of drug-likeness (QED) is 0.872. The van der Waals surface area contributed by atoms with E-state index in [9.17, 15) is 0 Å². The molecule has 0 amide bonds. The highest BCUT2D eigenvalue weighted by molar-refractivity contribution is 9.10. The minimum Gasteiger partial charge on any atom is -0.371 e. The summed E-state index contributed by atoms with van der Waals surface area (Å²) in [7, 11) is 0. The van der Waals surface area contributed by atoms with E-state index in [1.165, 1.54) is 23.5 Å². The summed E-state index contributed by atoms with van der Waals surface area (Å²) >= 11 is 5.38. The van der Waals surface area contributed by atoms with Crippen molar-refractivity contribution in [1.29, 1.82) is 0 Å². The van der Waals surface area contributed by atoms with Crippen LogP contribution in [0.5, 0.6) is 0 Å². The third-order valence-electron chi connectivity index (χ3n) is 3.77. The van der Waals surface area contributed by atoms with Crippen molar-refractivity contribution in [2.45, 2.75) is 13.0 Å². The van der Waals surface area contributed by atoms with Crippen molar-refractivity contribution < 1.29 is 0 Å². The molecule has 1 aliphatic rings. The average molecular weight is 351 g/mol. The second-order valence-corrected chi connectivity index (χ2v) is 7.24. The number of benzene rings is 1. The molecule has 0 radical (unpaired) electrons. The number of halogens is 1. The maximum absolute atomic E-state index is 3.59. The maximum atomic E-state index is 3.59. The zero-order valence-corrected chi connectivity index (χ0v) is 13.8. The monoisotopic (exact) mass is 350 g/mol. The third kappa shape index (κ3) is 3.62. The molecule has 0 bridgehead atoms. The summed E-state index contributed by atoms with van der Waals surface area (Å²) < 4.78 is 1.16. The van der Waals surface area contributed by atoms with E-state index in [0.29, 0.717) is 0 Å². The van der Waals surface area contributed by atoms with E-state index in [2.05, 4.69) is 67.9 Å². The molecule has 3 rings (SSSR count). The minimum atomic E-state index is 0.758. The Balaban J connectivity index is 1.47. The van der Waals surface area contributed by atoms with Crippen LogP contribution in [0.25, 0.3) is 0 Å². The summed E-state index contributed by atoms with van der Waals surface area (Å²) in [6.45, 7) is 4.45. The van der Waals surface area contributed by atoms with Crippen LogP contribution in [0.4, 0.5) is 5.69 Å². The van der Waals surface area contributed by atoms with Crippen LogP contribution in [-0.4, -0.2) is 19.6 Å². The van der Waals surface area contributed by atoms with Crippen LogP contribution in [0, 0.1) is 5.92 Å². The average Bonchev–Trinajstić information content (AvgIpc) is 3.10. The van der Waals surface area contributed by atoms with E-state index < -0.39 is 0 Å². The van der Waals surface area contributed by atoms with Gasteiger partial charge in [-0.2, -0.15) is 0 Å². The van der Waals surface area contributed by atoms with Crippen LogP contribution in [0.3, 0.4) is 0 Å². The lowest BCUT2D eigenvalue weighted by Crippen LogP contribution is -2.25. The number of nitrogens with zero attached hydrogens (tertiary/aromatic N) is 1. The van der Waals surface area contributed by atoms with Gasteiger partial charge in [-0.1, -0.05) is 28.1 Å². The molecule has 1 N–H and O–H groups in total. The van der Waals surface area contributed by atoms with Crippen molar-refractivity contribution in [2.75, 3.05) is 24.5 Å². The fraction of sp³-hybridized carbons (Fsp3) is 0.375. The predicted octanol–water partition coefficient (Wildman–Crippen LogP) is 4.13. The molecule has 2 nitrogen and oxygen atoms in total. The van der Waals surface area contributed by atoms with Gasteiger partial charge < -0.3 is 10.2 Å². The van der Waals surface area contributed by atoms with Gasteiger partial charge >= 0.3 is 0 Å². The lowest BCUT2D eigenvalue weighted by Gasteiger charge is -2.19. The lowest BCUT2D eigenvalue weighted by atomic mass is 10.1. The first-order valence-electron chi connectivity index (χ1n) is 7.05. The minimum absolute atomic E-state index is 0.758. The number of hydrogen-bond donors (Lipinski definition) is 1. The van der Waals surface area contributed by atoms with Crippen LogP contribution in [-0.2, 0) is 6.54 Å². The Morgan fingerprint density at radius 2 is 2.25 bits per heavy atom. The Bertz CT molecular complexity index is 541. The summed E-state index contributed by atoms with van der Waals surface area (Å²) in [6.07, 6.45) is 1.28. The maximum Gasteiger partial charge on any atom is 0.0377 e. The van der Waals surface area contributed by atoms with Crippen molar-refractivity contribution >= 4 is 33.0 Å². The van der Waals surface area contributed by atoms with Gasteiger partial charge in [-0.3, -0.25) is 0 Å². The Hall–Kier alpha value is -0.840. The first-order valence-corrected chi connectivity index (χ1v) is 8.72. The Kier molecular flexibility index (Phi) is 4.76. The lowest BCUT2D eigenvalue weighted by molar-refractivity contribution is 0.518. The second-order valence-electron chi connectivity index (χ2n) is 5.29. The first kappa shape index (κ1) is 14.1. The fourth-order valence-electron chi connectivity index (χ4n) is 2.72.